The van der Waals surface area contributed by atoms with Gasteiger partial charge in [-0.15, -0.1) is 0 Å². The lowest BCUT2D eigenvalue weighted by Gasteiger charge is -2.28. The Kier molecular flexibility index (Phi) is 6.40. The van der Waals surface area contributed by atoms with Crippen LogP contribution in [0.4, 0.5) is 4.39 Å². The zero-order valence-corrected chi connectivity index (χ0v) is 17.1. The minimum atomic E-state index is -0.343. The highest BCUT2D eigenvalue weighted by molar-refractivity contribution is 5.98. The Morgan fingerprint density at radius 3 is 2.73 bits per heavy atom. The number of nitrogens with zero attached hydrogens (tertiary/aromatic N) is 3. The number of rotatable bonds is 7. The van der Waals surface area contributed by atoms with Crippen LogP contribution < -0.4 is 0 Å². The Morgan fingerprint density at radius 2 is 1.97 bits per heavy atom. The van der Waals surface area contributed by atoms with Crippen LogP contribution in [0.2, 0.25) is 0 Å². The van der Waals surface area contributed by atoms with Gasteiger partial charge in [0.15, 0.2) is 5.76 Å². The van der Waals surface area contributed by atoms with Gasteiger partial charge in [-0.05, 0) is 49.2 Å². The third kappa shape index (κ3) is 4.68. The van der Waals surface area contributed by atoms with E-state index in [-0.39, 0.29) is 17.5 Å². The highest BCUT2D eigenvalue weighted by Crippen LogP contribution is 2.27. The SMILES string of the molecule is Cc1c(C(=O)N(CCCN2CCOCC2)Cc2ccncc2)oc2ccc(F)cc12. The lowest BCUT2D eigenvalue weighted by Crippen LogP contribution is -2.39. The summed E-state index contributed by atoms with van der Waals surface area (Å²) in [4.78, 5) is 21.6. The number of carbonyl (C=O) groups excluding carboxylic acids is 1. The van der Waals surface area contributed by atoms with Gasteiger partial charge in [0.25, 0.3) is 5.91 Å². The highest BCUT2D eigenvalue weighted by Gasteiger charge is 2.24. The Bertz CT molecular complexity index is 1000. The first-order chi connectivity index (χ1) is 14.6. The molecule has 0 radical (unpaired) electrons. The van der Waals surface area contributed by atoms with E-state index in [1.54, 1.807) is 30.3 Å². The van der Waals surface area contributed by atoms with Crippen molar-refractivity contribution in [1.82, 2.24) is 14.8 Å². The van der Waals surface area contributed by atoms with Gasteiger partial charge in [0.1, 0.15) is 11.4 Å². The second-order valence-corrected chi connectivity index (χ2v) is 7.59. The summed E-state index contributed by atoms with van der Waals surface area (Å²) in [5.41, 5.74) is 2.20. The van der Waals surface area contributed by atoms with Crippen molar-refractivity contribution < 1.29 is 18.3 Å². The summed E-state index contributed by atoms with van der Waals surface area (Å²) in [5.74, 6) is -0.247. The molecule has 0 atom stereocenters. The van der Waals surface area contributed by atoms with Crippen LogP contribution in [0, 0.1) is 12.7 Å². The number of carbonyl (C=O) groups is 1. The minimum absolute atomic E-state index is 0.178. The number of pyridine rings is 1. The molecule has 0 aliphatic carbocycles. The van der Waals surface area contributed by atoms with Gasteiger partial charge in [-0.2, -0.15) is 0 Å². The molecule has 0 unspecified atom stereocenters. The fourth-order valence-corrected chi connectivity index (χ4v) is 3.81. The van der Waals surface area contributed by atoms with Crippen molar-refractivity contribution >= 4 is 16.9 Å². The molecule has 158 valence electrons. The molecule has 1 aromatic carbocycles. The zero-order valence-electron chi connectivity index (χ0n) is 17.1. The fourth-order valence-electron chi connectivity index (χ4n) is 3.81. The molecule has 3 heterocycles. The standard InChI is InChI=1S/C23H26FN3O3/c1-17-20-15-19(24)3-4-21(20)30-22(17)23(28)27(16-18-5-7-25-8-6-18)10-2-9-26-11-13-29-14-12-26/h3-8,15H,2,9-14,16H2,1H3. The number of morpholine rings is 1. The number of hydrogen-bond donors (Lipinski definition) is 0. The van der Waals surface area contributed by atoms with Crippen LogP contribution in [0.5, 0.6) is 0 Å². The molecule has 1 fully saturated rings. The molecule has 1 aliphatic rings. The van der Waals surface area contributed by atoms with E-state index in [0.717, 1.165) is 44.8 Å². The van der Waals surface area contributed by atoms with Gasteiger partial charge in [-0.3, -0.25) is 14.7 Å². The molecule has 1 aliphatic heterocycles. The van der Waals surface area contributed by atoms with E-state index >= 15 is 0 Å². The third-order valence-corrected chi connectivity index (χ3v) is 5.51. The van der Waals surface area contributed by atoms with E-state index in [9.17, 15) is 9.18 Å². The number of aromatic nitrogens is 1. The average molecular weight is 411 g/mol. The van der Waals surface area contributed by atoms with Gasteiger partial charge in [0.2, 0.25) is 0 Å². The van der Waals surface area contributed by atoms with Crippen molar-refractivity contribution in [2.24, 2.45) is 0 Å². The van der Waals surface area contributed by atoms with Crippen LogP contribution in [0.15, 0.2) is 47.1 Å². The van der Waals surface area contributed by atoms with Crippen LogP contribution in [-0.4, -0.2) is 60.1 Å². The Labute approximate surface area is 175 Å². The molecule has 6 nitrogen and oxygen atoms in total. The van der Waals surface area contributed by atoms with Crippen molar-refractivity contribution in [3.8, 4) is 0 Å². The number of benzene rings is 1. The first-order valence-electron chi connectivity index (χ1n) is 10.3. The van der Waals surface area contributed by atoms with Crippen molar-refractivity contribution in [2.45, 2.75) is 19.9 Å². The van der Waals surface area contributed by atoms with Gasteiger partial charge < -0.3 is 14.1 Å². The number of hydrogen-bond acceptors (Lipinski definition) is 5. The minimum Gasteiger partial charge on any atom is -0.451 e. The lowest BCUT2D eigenvalue weighted by atomic mass is 10.1. The van der Waals surface area contributed by atoms with Gasteiger partial charge >= 0.3 is 0 Å². The summed E-state index contributed by atoms with van der Waals surface area (Å²) in [6, 6.07) is 8.14. The van der Waals surface area contributed by atoms with Crippen LogP contribution >= 0.6 is 0 Å². The van der Waals surface area contributed by atoms with E-state index < -0.39 is 0 Å². The molecule has 3 aromatic rings. The fraction of sp³-hybridized carbons (Fsp3) is 0.391. The van der Waals surface area contributed by atoms with Gasteiger partial charge in [0.05, 0.1) is 13.2 Å². The summed E-state index contributed by atoms with van der Waals surface area (Å²) in [6.45, 7) is 7.14. The van der Waals surface area contributed by atoms with Crippen LogP contribution in [0.25, 0.3) is 11.0 Å². The molecule has 0 spiro atoms. The smallest absolute Gasteiger partial charge is 0.290 e. The highest BCUT2D eigenvalue weighted by atomic mass is 19.1. The molecule has 0 N–H and O–H groups in total. The maximum atomic E-state index is 13.7. The van der Waals surface area contributed by atoms with Crippen LogP contribution in [0.1, 0.15) is 28.1 Å². The predicted molar refractivity (Wildman–Crippen MR) is 112 cm³/mol. The Hall–Kier alpha value is -2.77. The lowest BCUT2D eigenvalue weighted by molar-refractivity contribution is 0.0354. The van der Waals surface area contributed by atoms with E-state index in [4.69, 9.17) is 9.15 Å². The second-order valence-electron chi connectivity index (χ2n) is 7.59. The summed E-state index contributed by atoms with van der Waals surface area (Å²) >= 11 is 0. The normalized spacial score (nSPS) is 14.9. The van der Waals surface area contributed by atoms with Crippen molar-refractivity contribution in [1.29, 1.82) is 0 Å². The van der Waals surface area contributed by atoms with Crippen molar-refractivity contribution in [3.05, 3.63) is 65.4 Å². The predicted octanol–water partition coefficient (Wildman–Crippen LogP) is 3.64. The molecule has 0 bridgehead atoms. The number of amides is 1. The molecule has 1 saturated heterocycles. The molecule has 30 heavy (non-hydrogen) atoms. The van der Waals surface area contributed by atoms with E-state index in [1.165, 1.54) is 12.1 Å². The van der Waals surface area contributed by atoms with E-state index in [2.05, 4.69) is 9.88 Å². The van der Waals surface area contributed by atoms with E-state index in [0.29, 0.717) is 29.6 Å². The summed E-state index contributed by atoms with van der Waals surface area (Å²) < 4.78 is 24.9. The van der Waals surface area contributed by atoms with Gasteiger partial charge in [0, 0.05) is 56.1 Å². The van der Waals surface area contributed by atoms with E-state index in [1.807, 2.05) is 12.1 Å². The van der Waals surface area contributed by atoms with Crippen LogP contribution in [0.3, 0.4) is 0 Å². The number of fused-ring (bicyclic) bond motifs is 1. The molecule has 1 amide bonds. The first-order valence-corrected chi connectivity index (χ1v) is 10.3. The van der Waals surface area contributed by atoms with Gasteiger partial charge in [-0.25, -0.2) is 4.39 Å². The molecular weight excluding hydrogens is 385 g/mol. The Balaban J connectivity index is 1.53. The maximum Gasteiger partial charge on any atom is 0.290 e. The quantitative estimate of drug-likeness (QED) is 0.594. The van der Waals surface area contributed by atoms with Crippen molar-refractivity contribution in [2.75, 3.05) is 39.4 Å². The molecule has 7 heteroatoms. The number of ether oxygens (including phenoxy) is 1. The first kappa shape index (κ1) is 20.5. The summed E-state index contributed by atoms with van der Waals surface area (Å²) in [5, 5.41) is 0.635. The van der Waals surface area contributed by atoms with Crippen LogP contribution in [-0.2, 0) is 11.3 Å². The average Bonchev–Trinajstić information content (AvgIpc) is 3.10. The molecule has 2 aromatic heterocycles. The number of furan rings is 1. The van der Waals surface area contributed by atoms with Crippen molar-refractivity contribution in [3.63, 3.8) is 0 Å². The number of aryl methyl sites for hydroxylation is 1. The molecule has 4 rings (SSSR count). The summed E-state index contributed by atoms with van der Waals surface area (Å²) in [7, 11) is 0. The third-order valence-electron chi connectivity index (χ3n) is 5.51. The Morgan fingerprint density at radius 1 is 1.20 bits per heavy atom. The van der Waals surface area contributed by atoms with Gasteiger partial charge in [-0.1, -0.05) is 0 Å². The molecule has 0 saturated carbocycles. The molecular formula is C23H26FN3O3. The number of halogens is 1. The summed E-state index contributed by atoms with van der Waals surface area (Å²) in [6.07, 6.45) is 4.30. The largest absolute Gasteiger partial charge is 0.451 e. The maximum absolute atomic E-state index is 13.7. The monoisotopic (exact) mass is 411 g/mol. The second kappa shape index (κ2) is 9.36. The zero-order chi connectivity index (χ0) is 20.9. The topological polar surface area (TPSA) is 58.8 Å².